The molecule has 6 nitrogen and oxygen atoms in total. The number of rotatable bonds is 3. The minimum absolute atomic E-state index is 0.0250. The van der Waals surface area contributed by atoms with Gasteiger partial charge < -0.3 is 19.0 Å². The van der Waals surface area contributed by atoms with Gasteiger partial charge in [0.1, 0.15) is 0 Å². The quantitative estimate of drug-likeness (QED) is 0.842. The van der Waals surface area contributed by atoms with Crippen LogP contribution in [0, 0.1) is 5.41 Å². The highest BCUT2D eigenvalue weighted by molar-refractivity contribution is 5.91. The minimum atomic E-state index is -0.0250. The number of nitrogens with zero attached hydrogens (tertiary/aromatic N) is 2. The number of furan rings is 1. The smallest absolute Gasteiger partial charge is 0.289 e. The molecule has 136 valence electrons. The number of carbonyl (C=O) groups excluding carboxylic acids is 2. The maximum atomic E-state index is 12.4. The summed E-state index contributed by atoms with van der Waals surface area (Å²) in [5.41, 5.74) is 0.159. The Kier molecular flexibility index (Phi) is 4.54. The van der Waals surface area contributed by atoms with Crippen molar-refractivity contribution >= 4 is 11.8 Å². The van der Waals surface area contributed by atoms with Crippen molar-refractivity contribution in [2.24, 2.45) is 5.41 Å². The molecule has 25 heavy (non-hydrogen) atoms. The molecule has 6 heteroatoms. The SMILES string of the molecule is O=C1CCC2(CCN(C(=O)c3ccco3)CC2)CN1CC1CCCO1. The first-order valence-corrected chi connectivity index (χ1v) is 9.37. The van der Waals surface area contributed by atoms with Gasteiger partial charge >= 0.3 is 0 Å². The zero-order chi connectivity index (χ0) is 17.3. The number of hydrogen-bond acceptors (Lipinski definition) is 4. The van der Waals surface area contributed by atoms with E-state index in [0.29, 0.717) is 12.2 Å². The molecule has 4 heterocycles. The molecule has 1 aromatic rings. The predicted octanol–water partition coefficient (Wildman–Crippen LogP) is 2.30. The van der Waals surface area contributed by atoms with Crippen molar-refractivity contribution in [3.8, 4) is 0 Å². The molecule has 3 fully saturated rings. The summed E-state index contributed by atoms with van der Waals surface area (Å²) in [6.45, 7) is 3.84. The second-order valence-corrected chi connectivity index (χ2v) is 7.68. The van der Waals surface area contributed by atoms with Crippen molar-refractivity contribution in [1.29, 1.82) is 0 Å². The Labute approximate surface area is 148 Å². The van der Waals surface area contributed by atoms with Crippen LogP contribution in [0.25, 0.3) is 0 Å². The zero-order valence-electron chi connectivity index (χ0n) is 14.6. The highest BCUT2D eigenvalue weighted by Crippen LogP contribution is 2.40. The summed E-state index contributed by atoms with van der Waals surface area (Å²) in [7, 11) is 0. The summed E-state index contributed by atoms with van der Waals surface area (Å²) in [6.07, 6.45) is 7.37. The summed E-state index contributed by atoms with van der Waals surface area (Å²) < 4.78 is 10.9. The Balaban J connectivity index is 1.36. The van der Waals surface area contributed by atoms with Gasteiger partial charge in [0.25, 0.3) is 5.91 Å². The van der Waals surface area contributed by atoms with Crippen LogP contribution in [-0.2, 0) is 9.53 Å². The fourth-order valence-electron chi connectivity index (χ4n) is 4.45. The van der Waals surface area contributed by atoms with E-state index in [1.54, 1.807) is 12.1 Å². The van der Waals surface area contributed by atoms with Crippen LogP contribution in [0.4, 0.5) is 0 Å². The average molecular weight is 346 g/mol. The van der Waals surface area contributed by atoms with E-state index in [2.05, 4.69) is 0 Å². The van der Waals surface area contributed by atoms with E-state index < -0.39 is 0 Å². The van der Waals surface area contributed by atoms with E-state index in [1.165, 1.54) is 6.26 Å². The van der Waals surface area contributed by atoms with Crippen molar-refractivity contribution < 1.29 is 18.7 Å². The zero-order valence-corrected chi connectivity index (χ0v) is 14.6. The van der Waals surface area contributed by atoms with E-state index in [1.807, 2.05) is 9.80 Å². The van der Waals surface area contributed by atoms with Gasteiger partial charge in [-0.05, 0) is 49.7 Å². The number of carbonyl (C=O) groups is 2. The Morgan fingerprint density at radius 2 is 2.12 bits per heavy atom. The average Bonchev–Trinajstić information content (AvgIpc) is 3.32. The molecule has 3 saturated heterocycles. The molecule has 3 aliphatic heterocycles. The van der Waals surface area contributed by atoms with Gasteiger partial charge in [0.2, 0.25) is 5.91 Å². The van der Waals surface area contributed by atoms with Crippen LogP contribution in [0.3, 0.4) is 0 Å². The third-order valence-electron chi connectivity index (χ3n) is 6.04. The number of amides is 2. The van der Waals surface area contributed by atoms with Crippen LogP contribution in [0.5, 0.6) is 0 Å². The molecule has 0 aliphatic carbocycles. The Bertz CT molecular complexity index is 613. The molecule has 2 amide bonds. The molecule has 0 saturated carbocycles. The Morgan fingerprint density at radius 3 is 2.80 bits per heavy atom. The van der Waals surface area contributed by atoms with Gasteiger partial charge in [-0.2, -0.15) is 0 Å². The lowest BCUT2D eigenvalue weighted by molar-refractivity contribution is -0.141. The molecule has 1 aromatic heterocycles. The maximum absolute atomic E-state index is 12.4. The first kappa shape index (κ1) is 16.6. The van der Waals surface area contributed by atoms with Gasteiger partial charge in [0.15, 0.2) is 5.76 Å². The summed E-state index contributed by atoms with van der Waals surface area (Å²) in [5, 5.41) is 0. The van der Waals surface area contributed by atoms with E-state index in [4.69, 9.17) is 9.15 Å². The van der Waals surface area contributed by atoms with Gasteiger partial charge in [-0.15, -0.1) is 0 Å². The second-order valence-electron chi connectivity index (χ2n) is 7.68. The van der Waals surface area contributed by atoms with Gasteiger partial charge in [-0.1, -0.05) is 0 Å². The topological polar surface area (TPSA) is 63.0 Å². The molecule has 4 rings (SSSR count). The molecule has 1 unspecified atom stereocenters. The highest BCUT2D eigenvalue weighted by Gasteiger charge is 2.42. The van der Waals surface area contributed by atoms with E-state index in [0.717, 1.165) is 64.9 Å². The molecular weight excluding hydrogens is 320 g/mol. The molecular formula is C19H26N2O4. The highest BCUT2D eigenvalue weighted by atomic mass is 16.5. The number of piperidine rings is 2. The van der Waals surface area contributed by atoms with Crippen molar-refractivity contribution in [2.75, 3.05) is 32.8 Å². The largest absolute Gasteiger partial charge is 0.459 e. The maximum Gasteiger partial charge on any atom is 0.289 e. The van der Waals surface area contributed by atoms with E-state index in [9.17, 15) is 9.59 Å². The van der Waals surface area contributed by atoms with Gasteiger partial charge in [0.05, 0.1) is 12.4 Å². The number of ether oxygens (including phenoxy) is 1. The first-order chi connectivity index (χ1) is 12.2. The third-order valence-corrected chi connectivity index (χ3v) is 6.04. The molecule has 1 atom stereocenters. The van der Waals surface area contributed by atoms with Crippen molar-refractivity contribution in [2.45, 2.75) is 44.6 Å². The summed E-state index contributed by atoms with van der Waals surface area (Å²) >= 11 is 0. The normalized spacial score (nSPS) is 26.4. The van der Waals surface area contributed by atoms with E-state index >= 15 is 0 Å². The fourth-order valence-corrected chi connectivity index (χ4v) is 4.45. The second kappa shape index (κ2) is 6.83. The van der Waals surface area contributed by atoms with Crippen molar-refractivity contribution in [1.82, 2.24) is 9.80 Å². The van der Waals surface area contributed by atoms with Crippen LogP contribution >= 0.6 is 0 Å². The lowest BCUT2D eigenvalue weighted by atomic mass is 9.72. The lowest BCUT2D eigenvalue weighted by Gasteiger charge is -2.47. The van der Waals surface area contributed by atoms with Crippen LogP contribution in [0.1, 0.15) is 49.1 Å². The molecule has 0 bridgehead atoms. The molecule has 0 N–H and O–H groups in total. The number of likely N-dealkylation sites (tertiary alicyclic amines) is 2. The molecule has 1 spiro atoms. The minimum Gasteiger partial charge on any atom is -0.459 e. The predicted molar refractivity (Wildman–Crippen MR) is 91.1 cm³/mol. The standard InChI is InChI=1S/C19H26N2O4/c22-17-5-6-19(14-21(17)13-15-3-1-11-24-15)7-9-20(10-8-19)18(23)16-4-2-12-25-16/h2,4,12,15H,1,3,5-11,13-14H2. The van der Waals surface area contributed by atoms with E-state index in [-0.39, 0.29) is 23.3 Å². The van der Waals surface area contributed by atoms with Crippen LogP contribution in [0.15, 0.2) is 22.8 Å². The van der Waals surface area contributed by atoms with Crippen molar-refractivity contribution in [3.63, 3.8) is 0 Å². The number of hydrogen-bond donors (Lipinski definition) is 0. The summed E-state index contributed by atoms with van der Waals surface area (Å²) in [4.78, 5) is 28.7. The summed E-state index contributed by atoms with van der Waals surface area (Å²) in [5.74, 6) is 0.646. The van der Waals surface area contributed by atoms with Gasteiger partial charge in [-0.25, -0.2) is 0 Å². The molecule has 0 radical (unpaired) electrons. The van der Waals surface area contributed by atoms with Crippen LogP contribution < -0.4 is 0 Å². The van der Waals surface area contributed by atoms with Crippen LogP contribution in [-0.4, -0.2) is 60.5 Å². The Hall–Kier alpha value is -1.82. The first-order valence-electron chi connectivity index (χ1n) is 9.37. The van der Waals surface area contributed by atoms with Crippen molar-refractivity contribution in [3.05, 3.63) is 24.2 Å². The third kappa shape index (κ3) is 3.45. The molecule has 3 aliphatic rings. The monoisotopic (exact) mass is 346 g/mol. The van der Waals surface area contributed by atoms with Gasteiger partial charge in [0, 0.05) is 39.2 Å². The lowest BCUT2D eigenvalue weighted by Crippen LogP contribution is -2.53. The van der Waals surface area contributed by atoms with Crippen LogP contribution in [0.2, 0.25) is 0 Å². The Morgan fingerprint density at radius 1 is 1.28 bits per heavy atom. The fraction of sp³-hybridized carbons (Fsp3) is 0.684. The summed E-state index contributed by atoms with van der Waals surface area (Å²) in [6, 6.07) is 3.46. The van der Waals surface area contributed by atoms with Gasteiger partial charge in [-0.3, -0.25) is 9.59 Å². The molecule has 0 aromatic carbocycles.